The lowest BCUT2D eigenvalue weighted by atomic mass is 9.94. The summed E-state index contributed by atoms with van der Waals surface area (Å²) in [6.45, 7) is 4.15. The van der Waals surface area contributed by atoms with E-state index in [9.17, 15) is 14.3 Å². The second-order valence-corrected chi connectivity index (χ2v) is 5.30. The number of hydrogen-bond donors (Lipinski definition) is 2. The van der Waals surface area contributed by atoms with Gasteiger partial charge in [0, 0.05) is 0 Å². The topological polar surface area (TPSA) is 58.6 Å². The fourth-order valence-electron chi connectivity index (χ4n) is 2.43. The van der Waals surface area contributed by atoms with Crippen LogP contribution in [0.25, 0.3) is 0 Å². The van der Waals surface area contributed by atoms with Crippen LogP contribution in [0.3, 0.4) is 0 Å². The van der Waals surface area contributed by atoms with E-state index in [1.54, 1.807) is 12.1 Å². The highest BCUT2D eigenvalue weighted by Gasteiger charge is 2.51. The summed E-state index contributed by atoms with van der Waals surface area (Å²) in [5.74, 6) is -1.25. The number of aryl methyl sites for hydroxylation is 1. The summed E-state index contributed by atoms with van der Waals surface area (Å²) in [7, 11) is 0. The average molecular weight is 281 g/mol. The molecule has 20 heavy (non-hydrogen) atoms. The fourth-order valence-corrected chi connectivity index (χ4v) is 2.43. The predicted octanol–water partition coefficient (Wildman–Crippen LogP) is 2.36. The van der Waals surface area contributed by atoms with Gasteiger partial charge in [-0.25, -0.2) is 4.39 Å². The summed E-state index contributed by atoms with van der Waals surface area (Å²) >= 11 is 0. The van der Waals surface area contributed by atoms with Gasteiger partial charge in [0.2, 0.25) is 0 Å². The van der Waals surface area contributed by atoms with Gasteiger partial charge in [0.05, 0.1) is 0 Å². The second-order valence-electron chi connectivity index (χ2n) is 5.30. The zero-order valence-corrected chi connectivity index (χ0v) is 11.8. The van der Waals surface area contributed by atoms with Crippen molar-refractivity contribution in [1.29, 1.82) is 0 Å². The first kappa shape index (κ1) is 14.8. The molecule has 4 nitrogen and oxygen atoms in total. The molecule has 0 radical (unpaired) electrons. The molecule has 0 bridgehead atoms. The smallest absolute Gasteiger partial charge is 0.327 e. The van der Waals surface area contributed by atoms with Crippen molar-refractivity contribution >= 4 is 5.97 Å². The third-order valence-corrected chi connectivity index (χ3v) is 3.69. The number of halogens is 1. The zero-order chi connectivity index (χ0) is 14.8. The van der Waals surface area contributed by atoms with Crippen LogP contribution in [-0.4, -0.2) is 29.8 Å². The van der Waals surface area contributed by atoms with Gasteiger partial charge in [-0.2, -0.15) is 0 Å². The van der Waals surface area contributed by atoms with Crippen LogP contribution in [0.4, 0.5) is 4.39 Å². The van der Waals surface area contributed by atoms with E-state index >= 15 is 0 Å². The molecule has 1 aliphatic rings. The second kappa shape index (κ2) is 5.79. The molecule has 0 aromatic heterocycles. The summed E-state index contributed by atoms with van der Waals surface area (Å²) in [4.78, 5) is 11.6. The van der Waals surface area contributed by atoms with Crippen molar-refractivity contribution in [3.8, 4) is 5.75 Å². The third kappa shape index (κ3) is 2.93. The number of carboxylic acid groups (broad SMARTS) is 1. The van der Waals surface area contributed by atoms with E-state index in [0.29, 0.717) is 6.54 Å². The highest BCUT2D eigenvalue weighted by molar-refractivity contribution is 5.80. The van der Waals surface area contributed by atoms with Gasteiger partial charge < -0.3 is 9.84 Å². The van der Waals surface area contributed by atoms with Crippen LogP contribution in [-0.2, 0) is 4.79 Å². The zero-order valence-electron chi connectivity index (χ0n) is 11.8. The first-order valence-electron chi connectivity index (χ1n) is 6.87. The minimum Gasteiger partial charge on any atom is -0.488 e. The number of benzene rings is 1. The monoisotopic (exact) mass is 281 g/mol. The fraction of sp³-hybridized carbons (Fsp3) is 0.533. The van der Waals surface area contributed by atoms with Crippen molar-refractivity contribution in [2.24, 2.45) is 5.92 Å². The number of carboxylic acids is 1. The van der Waals surface area contributed by atoms with E-state index < -0.39 is 17.3 Å². The molecule has 0 aliphatic heterocycles. The first-order chi connectivity index (χ1) is 9.49. The Kier molecular flexibility index (Phi) is 4.28. The lowest BCUT2D eigenvalue weighted by Crippen LogP contribution is -2.58. The Balaban J connectivity index is 2.16. The minimum absolute atomic E-state index is 0.0489. The van der Waals surface area contributed by atoms with Gasteiger partial charge in [-0.15, -0.1) is 0 Å². The van der Waals surface area contributed by atoms with Crippen LogP contribution in [0.5, 0.6) is 5.75 Å². The molecule has 2 rings (SSSR count). The lowest BCUT2D eigenvalue weighted by Gasteiger charge is -2.30. The molecule has 5 heteroatoms. The maximum atomic E-state index is 13.7. The standard InChI is InChI=1S/C15H20FNO3/c1-3-17-15(14(18)19,11-5-6-11)9-20-13-8-10(2)4-7-12(13)16/h4,7-8,11,17H,3,5-6,9H2,1-2H3,(H,18,19). The molecular weight excluding hydrogens is 261 g/mol. The van der Waals surface area contributed by atoms with Crippen molar-refractivity contribution in [1.82, 2.24) is 5.32 Å². The number of aliphatic carboxylic acids is 1. The highest BCUT2D eigenvalue weighted by Crippen LogP contribution is 2.40. The number of likely N-dealkylation sites (N-methyl/N-ethyl adjacent to an activating group) is 1. The molecule has 0 heterocycles. The maximum Gasteiger partial charge on any atom is 0.327 e. The van der Waals surface area contributed by atoms with Crippen LogP contribution in [0, 0.1) is 18.7 Å². The Morgan fingerprint density at radius 3 is 2.80 bits per heavy atom. The number of nitrogens with one attached hydrogen (secondary N) is 1. The van der Waals surface area contributed by atoms with Crippen molar-refractivity contribution in [2.75, 3.05) is 13.2 Å². The van der Waals surface area contributed by atoms with E-state index in [2.05, 4.69) is 5.32 Å². The molecule has 0 amide bonds. The van der Waals surface area contributed by atoms with Crippen LogP contribution >= 0.6 is 0 Å². The molecule has 1 unspecified atom stereocenters. The van der Waals surface area contributed by atoms with Crippen LogP contribution in [0.2, 0.25) is 0 Å². The van der Waals surface area contributed by atoms with Gasteiger partial charge in [0.1, 0.15) is 6.61 Å². The third-order valence-electron chi connectivity index (χ3n) is 3.69. The van der Waals surface area contributed by atoms with Crippen molar-refractivity contribution in [3.63, 3.8) is 0 Å². The van der Waals surface area contributed by atoms with Gasteiger partial charge in [0.15, 0.2) is 17.1 Å². The molecule has 2 N–H and O–H groups in total. The van der Waals surface area contributed by atoms with Gasteiger partial charge in [-0.05, 0) is 49.9 Å². The summed E-state index contributed by atoms with van der Waals surface area (Å²) < 4.78 is 19.1. The van der Waals surface area contributed by atoms with Crippen LogP contribution in [0.1, 0.15) is 25.3 Å². The molecule has 1 saturated carbocycles. The predicted molar refractivity (Wildman–Crippen MR) is 73.4 cm³/mol. The van der Waals surface area contributed by atoms with Crippen LogP contribution in [0.15, 0.2) is 18.2 Å². The molecule has 1 atom stereocenters. The van der Waals surface area contributed by atoms with Crippen molar-refractivity contribution in [3.05, 3.63) is 29.6 Å². The molecule has 1 fully saturated rings. The minimum atomic E-state index is -1.12. The Hall–Kier alpha value is -1.62. The number of rotatable bonds is 7. The molecular formula is C15H20FNO3. The van der Waals surface area contributed by atoms with E-state index in [4.69, 9.17) is 4.74 Å². The van der Waals surface area contributed by atoms with E-state index in [0.717, 1.165) is 18.4 Å². The Morgan fingerprint density at radius 1 is 1.55 bits per heavy atom. The molecule has 1 aromatic rings. The quantitative estimate of drug-likeness (QED) is 0.805. The summed E-state index contributed by atoms with van der Waals surface area (Å²) in [6, 6.07) is 4.57. The van der Waals surface area contributed by atoms with Crippen molar-refractivity contribution < 1.29 is 19.0 Å². The molecule has 0 spiro atoms. The number of hydrogen-bond acceptors (Lipinski definition) is 3. The number of carbonyl (C=O) groups is 1. The first-order valence-corrected chi connectivity index (χ1v) is 6.87. The molecule has 0 saturated heterocycles. The summed E-state index contributed by atoms with van der Waals surface area (Å²) in [6.07, 6.45) is 1.72. The normalized spacial score (nSPS) is 17.6. The largest absolute Gasteiger partial charge is 0.488 e. The Bertz CT molecular complexity index is 502. The lowest BCUT2D eigenvalue weighted by molar-refractivity contribution is -0.147. The average Bonchev–Trinajstić information content (AvgIpc) is 3.22. The maximum absolute atomic E-state index is 13.7. The summed E-state index contributed by atoms with van der Waals surface area (Å²) in [5.41, 5.74) is -0.248. The van der Waals surface area contributed by atoms with E-state index in [1.807, 2.05) is 13.8 Å². The highest BCUT2D eigenvalue weighted by atomic mass is 19.1. The van der Waals surface area contributed by atoms with E-state index in [-0.39, 0.29) is 18.3 Å². The Morgan fingerprint density at radius 2 is 2.25 bits per heavy atom. The summed E-state index contributed by atoms with van der Waals surface area (Å²) in [5, 5.41) is 12.5. The van der Waals surface area contributed by atoms with Crippen LogP contribution < -0.4 is 10.1 Å². The number of ether oxygens (including phenoxy) is 1. The van der Waals surface area contributed by atoms with E-state index in [1.165, 1.54) is 6.07 Å². The van der Waals surface area contributed by atoms with Gasteiger partial charge in [-0.1, -0.05) is 13.0 Å². The molecule has 110 valence electrons. The van der Waals surface area contributed by atoms with Gasteiger partial charge in [0.25, 0.3) is 0 Å². The molecule has 1 aromatic carbocycles. The van der Waals surface area contributed by atoms with Gasteiger partial charge in [-0.3, -0.25) is 10.1 Å². The van der Waals surface area contributed by atoms with Crippen molar-refractivity contribution in [2.45, 2.75) is 32.2 Å². The van der Waals surface area contributed by atoms with Gasteiger partial charge >= 0.3 is 5.97 Å². The SMILES string of the molecule is CCNC(COc1cc(C)ccc1F)(C(=O)O)C1CC1. The molecule has 1 aliphatic carbocycles. The Labute approximate surface area is 117 Å².